The number of carbonyl (C=O) groups excluding carboxylic acids is 1. The summed E-state index contributed by atoms with van der Waals surface area (Å²) in [5.41, 5.74) is 3.94. The summed E-state index contributed by atoms with van der Waals surface area (Å²) in [6, 6.07) is 12.2. The third kappa shape index (κ3) is 3.27. The maximum Gasteiger partial charge on any atom is 0.251 e. The molecule has 0 radical (unpaired) electrons. The summed E-state index contributed by atoms with van der Waals surface area (Å²) in [5, 5.41) is 6.28. The van der Waals surface area contributed by atoms with E-state index in [-0.39, 0.29) is 11.7 Å². The first-order valence-corrected chi connectivity index (χ1v) is 7.62. The van der Waals surface area contributed by atoms with Crippen LogP contribution in [0.2, 0.25) is 0 Å². The van der Waals surface area contributed by atoms with Crippen LogP contribution in [0, 0.1) is 5.82 Å². The van der Waals surface area contributed by atoms with Crippen LogP contribution in [0.3, 0.4) is 0 Å². The Kier molecular flexibility index (Phi) is 4.37. The van der Waals surface area contributed by atoms with E-state index in [1.54, 1.807) is 12.1 Å². The van der Waals surface area contributed by atoms with Gasteiger partial charge in [-0.1, -0.05) is 18.2 Å². The van der Waals surface area contributed by atoms with Crippen molar-refractivity contribution < 1.29 is 9.18 Å². The molecule has 0 saturated carbocycles. The summed E-state index contributed by atoms with van der Waals surface area (Å²) >= 11 is 0. The summed E-state index contributed by atoms with van der Waals surface area (Å²) in [5.74, 6) is -0.279. The highest BCUT2D eigenvalue weighted by Gasteiger charge is 2.16. The van der Waals surface area contributed by atoms with Crippen molar-refractivity contribution in [3.8, 4) is 0 Å². The molecule has 0 bridgehead atoms. The average Bonchev–Trinajstić information content (AvgIpc) is 2.56. The van der Waals surface area contributed by atoms with Gasteiger partial charge in [-0.05, 0) is 54.7 Å². The lowest BCUT2D eigenvalue weighted by Gasteiger charge is -2.20. The van der Waals surface area contributed by atoms with Crippen LogP contribution in [0.25, 0.3) is 0 Å². The third-order valence-corrected chi connectivity index (χ3v) is 3.95. The zero-order valence-electron chi connectivity index (χ0n) is 12.4. The fourth-order valence-electron chi connectivity index (χ4n) is 2.79. The quantitative estimate of drug-likeness (QED) is 0.910. The maximum atomic E-state index is 12.8. The predicted molar refractivity (Wildman–Crippen MR) is 85.7 cm³/mol. The van der Waals surface area contributed by atoms with Crippen LogP contribution in [0.5, 0.6) is 0 Å². The molecule has 0 spiro atoms. The number of halogens is 1. The first kappa shape index (κ1) is 14.6. The standard InChI is InChI=1S/C18H19FN2O/c19-14-8-6-13(7-9-14)10-12-21-18(22)16-3-1-5-17-15(16)4-2-11-20-17/h1,3,5-9,20H,2,4,10-12H2,(H,21,22). The molecular formula is C18H19FN2O. The Labute approximate surface area is 129 Å². The van der Waals surface area contributed by atoms with E-state index in [0.29, 0.717) is 13.0 Å². The Hall–Kier alpha value is -2.36. The molecule has 2 N–H and O–H groups in total. The number of amides is 1. The molecule has 0 atom stereocenters. The molecule has 0 aliphatic carbocycles. The molecule has 1 heterocycles. The first-order chi connectivity index (χ1) is 10.7. The van der Waals surface area contributed by atoms with Crippen LogP contribution in [0.4, 0.5) is 10.1 Å². The van der Waals surface area contributed by atoms with Gasteiger partial charge >= 0.3 is 0 Å². The van der Waals surface area contributed by atoms with Gasteiger partial charge in [-0.25, -0.2) is 4.39 Å². The molecule has 22 heavy (non-hydrogen) atoms. The van der Waals surface area contributed by atoms with Gasteiger partial charge in [0.2, 0.25) is 0 Å². The number of hydrogen-bond acceptors (Lipinski definition) is 2. The Morgan fingerprint density at radius 2 is 2.00 bits per heavy atom. The van der Waals surface area contributed by atoms with Crippen molar-refractivity contribution in [2.45, 2.75) is 19.3 Å². The van der Waals surface area contributed by atoms with Crippen molar-refractivity contribution in [3.05, 3.63) is 65.0 Å². The smallest absolute Gasteiger partial charge is 0.251 e. The van der Waals surface area contributed by atoms with Gasteiger partial charge in [-0.3, -0.25) is 4.79 Å². The van der Waals surface area contributed by atoms with E-state index in [9.17, 15) is 9.18 Å². The molecule has 2 aromatic carbocycles. The second-order valence-electron chi connectivity index (χ2n) is 5.49. The van der Waals surface area contributed by atoms with Crippen LogP contribution in [-0.4, -0.2) is 19.0 Å². The fraction of sp³-hybridized carbons (Fsp3) is 0.278. The van der Waals surface area contributed by atoms with Crippen LogP contribution >= 0.6 is 0 Å². The highest BCUT2D eigenvalue weighted by Crippen LogP contribution is 2.25. The average molecular weight is 298 g/mol. The van der Waals surface area contributed by atoms with Crippen molar-refractivity contribution >= 4 is 11.6 Å². The normalized spacial score (nSPS) is 13.1. The van der Waals surface area contributed by atoms with Crippen LogP contribution in [0.1, 0.15) is 27.9 Å². The topological polar surface area (TPSA) is 41.1 Å². The van der Waals surface area contributed by atoms with E-state index in [4.69, 9.17) is 0 Å². The van der Waals surface area contributed by atoms with Crippen LogP contribution in [-0.2, 0) is 12.8 Å². The summed E-state index contributed by atoms with van der Waals surface area (Å²) in [7, 11) is 0. The fourth-order valence-corrected chi connectivity index (χ4v) is 2.79. The maximum absolute atomic E-state index is 12.8. The molecule has 4 heteroatoms. The van der Waals surface area contributed by atoms with Gasteiger partial charge in [0.05, 0.1) is 0 Å². The lowest BCUT2D eigenvalue weighted by molar-refractivity contribution is 0.0953. The van der Waals surface area contributed by atoms with Crippen LogP contribution in [0.15, 0.2) is 42.5 Å². The minimum atomic E-state index is -0.240. The Balaban J connectivity index is 1.61. The third-order valence-electron chi connectivity index (χ3n) is 3.95. The molecule has 2 aromatic rings. The molecular weight excluding hydrogens is 279 g/mol. The van der Waals surface area contributed by atoms with E-state index in [2.05, 4.69) is 10.6 Å². The Morgan fingerprint density at radius 1 is 1.18 bits per heavy atom. The van der Waals surface area contributed by atoms with Crippen LogP contribution < -0.4 is 10.6 Å². The second-order valence-corrected chi connectivity index (χ2v) is 5.49. The second kappa shape index (κ2) is 6.60. The Morgan fingerprint density at radius 3 is 2.82 bits per heavy atom. The molecule has 0 saturated heterocycles. The number of nitrogens with one attached hydrogen (secondary N) is 2. The minimum Gasteiger partial charge on any atom is -0.385 e. The van der Waals surface area contributed by atoms with Gasteiger partial charge in [0.1, 0.15) is 5.82 Å². The summed E-state index contributed by atoms with van der Waals surface area (Å²) < 4.78 is 12.8. The first-order valence-electron chi connectivity index (χ1n) is 7.62. The number of fused-ring (bicyclic) bond motifs is 1. The molecule has 0 unspecified atom stereocenters. The van der Waals surface area contributed by atoms with Crippen molar-refractivity contribution in [3.63, 3.8) is 0 Å². The zero-order chi connectivity index (χ0) is 15.4. The van der Waals surface area contributed by atoms with Gasteiger partial charge in [-0.2, -0.15) is 0 Å². The van der Waals surface area contributed by atoms with Crippen molar-refractivity contribution in [1.82, 2.24) is 5.32 Å². The lowest BCUT2D eigenvalue weighted by atomic mass is 9.97. The lowest BCUT2D eigenvalue weighted by Crippen LogP contribution is -2.27. The van der Waals surface area contributed by atoms with Crippen molar-refractivity contribution in [2.75, 3.05) is 18.4 Å². The number of hydrogen-bond donors (Lipinski definition) is 2. The summed E-state index contributed by atoms with van der Waals surface area (Å²) in [6.07, 6.45) is 2.68. The highest BCUT2D eigenvalue weighted by atomic mass is 19.1. The van der Waals surface area contributed by atoms with Gasteiger partial charge in [0.15, 0.2) is 0 Å². The zero-order valence-corrected chi connectivity index (χ0v) is 12.4. The predicted octanol–water partition coefficient (Wildman–Crippen LogP) is 3.16. The molecule has 3 nitrogen and oxygen atoms in total. The van der Waals surface area contributed by atoms with E-state index < -0.39 is 0 Å². The molecule has 114 valence electrons. The van der Waals surface area contributed by atoms with Gasteiger partial charge in [0, 0.05) is 24.3 Å². The number of anilines is 1. The summed E-state index contributed by atoms with van der Waals surface area (Å²) in [4.78, 5) is 12.4. The van der Waals surface area contributed by atoms with Gasteiger partial charge in [-0.15, -0.1) is 0 Å². The SMILES string of the molecule is O=C(NCCc1ccc(F)cc1)c1cccc2c1CCCN2. The molecule has 0 aromatic heterocycles. The molecule has 1 aliphatic heterocycles. The Bertz CT molecular complexity index is 667. The number of rotatable bonds is 4. The molecule has 1 amide bonds. The number of carbonyl (C=O) groups is 1. The molecule has 3 rings (SSSR count). The van der Waals surface area contributed by atoms with E-state index >= 15 is 0 Å². The van der Waals surface area contributed by atoms with E-state index in [0.717, 1.165) is 41.8 Å². The largest absolute Gasteiger partial charge is 0.385 e. The molecule has 0 fully saturated rings. The minimum absolute atomic E-state index is 0.0392. The van der Waals surface area contributed by atoms with Crippen molar-refractivity contribution in [1.29, 1.82) is 0 Å². The highest BCUT2D eigenvalue weighted by molar-refractivity contribution is 5.97. The monoisotopic (exact) mass is 298 g/mol. The summed E-state index contributed by atoms with van der Waals surface area (Å²) in [6.45, 7) is 1.50. The van der Waals surface area contributed by atoms with E-state index in [1.165, 1.54) is 12.1 Å². The van der Waals surface area contributed by atoms with Gasteiger partial charge in [0.25, 0.3) is 5.91 Å². The van der Waals surface area contributed by atoms with E-state index in [1.807, 2.05) is 18.2 Å². The number of benzene rings is 2. The van der Waals surface area contributed by atoms with Crippen molar-refractivity contribution in [2.24, 2.45) is 0 Å². The van der Waals surface area contributed by atoms with Gasteiger partial charge < -0.3 is 10.6 Å². The molecule has 1 aliphatic rings.